The maximum absolute atomic E-state index is 11.4. The quantitative estimate of drug-likeness (QED) is 0.666. The van der Waals surface area contributed by atoms with Gasteiger partial charge in [-0.2, -0.15) is 0 Å². The molecule has 8 nitrogen and oxygen atoms in total. The van der Waals surface area contributed by atoms with Gasteiger partial charge in [0.05, 0.1) is 0 Å². The summed E-state index contributed by atoms with van der Waals surface area (Å²) in [5, 5.41) is 32.3. The van der Waals surface area contributed by atoms with Crippen molar-refractivity contribution >= 4 is 22.7 Å². The number of aliphatic hydroxyl groups excluding tert-OH is 2. The average Bonchev–Trinajstić information content (AvgIpc) is 2.64. The summed E-state index contributed by atoms with van der Waals surface area (Å²) in [7, 11) is 0. The lowest BCUT2D eigenvalue weighted by molar-refractivity contribution is -0.242. The fourth-order valence-corrected chi connectivity index (χ4v) is 3.31. The van der Waals surface area contributed by atoms with Crippen LogP contribution in [0.2, 0.25) is 0 Å². The van der Waals surface area contributed by atoms with E-state index in [1.54, 1.807) is 36.4 Å². The van der Waals surface area contributed by atoms with E-state index in [0.717, 1.165) is 10.8 Å². The third kappa shape index (κ3) is 4.24. The number of hydrogen-bond donors (Lipinski definition) is 3. The highest BCUT2D eigenvalue weighted by Crippen LogP contribution is 2.35. The molecule has 0 radical (unpaired) electrons. The third-order valence-corrected chi connectivity index (χ3v) is 4.61. The first-order valence-corrected chi connectivity index (χ1v) is 8.81. The molecular formula is C20H22O8. The smallest absolute Gasteiger partial charge is 0.303 e. The summed E-state index contributed by atoms with van der Waals surface area (Å²) in [5.41, 5.74) is 0.582. The topological polar surface area (TPSA) is 123 Å². The number of ether oxygens (including phenoxy) is 3. The van der Waals surface area contributed by atoms with Crippen molar-refractivity contribution in [1.29, 1.82) is 0 Å². The second-order valence-corrected chi connectivity index (χ2v) is 6.74. The van der Waals surface area contributed by atoms with E-state index in [9.17, 15) is 24.9 Å². The van der Waals surface area contributed by atoms with Gasteiger partial charge in [0.1, 0.15) is 36.8 Å². The summed E-state index contributed by atoms with van der Waals surface area (Å²) in [5.74, 6) is -1.07. The number of benzene rings is 2. The van der Waals surface area contributed by atoms with Gasteiger partial charge in [0.2, 0.25) is 0 Å². The maximum Gasteiger partial charge on any atom is 0.303 e. The molecule has 0 bridgehead atoms. The molecule has 0 aliphatic carbocycles. The predicted octanol–water partition coefficient (Wildman–Crippen LogP) is 1.20. The van der Waals surface area contributed by atoms with E-state index in [0.29, 0.717) is 5.56 Å². The van der Waals surface area contributed by atoms with Crippen LogP contribution in [-0.2, 0) is 23.8 Å². The molecule has 3 rings (SSSR count). The van der Waals surface area contributed by atoms with Crippen molar-refractivity contribution in [2.24, 2.45) is 0 Å². The molecule has 0 amide bonds. The Morgan fingerprint density at radius 3 is 2.36 bits per heavy atom. The van der Waals surface area contributed by atoms with Gasteiger partial charge in [0, 0.05) is 13.8 Å². The highest BCUT2D eigenvalue weighted by molar-refractivity contribution is 5.84. The molecule has 1 saturated heterocycles. The summed E-state index contributed by atoms with van der Waals surface area (Å²) in [6, 6.07) is 10.1. The van der Waals surface area contributed by atoms with E-state index < -0.39 is 42.5 Å². The van der Waals surface area contributed by atoms with E-state index in [4.69, 9.17) is 14.2 Å². The fraction of sp³-hybridized carbons (Fsp3) is 0.400. The Labute approximate surface area is 161 Å². The Hall–Kier alpha value is -2.68. The van der Waals surface area contributed by atoms with Crippen molar-refractivity contribution < 1.29 is 39.1 Å². The second kappa shape index (κ2) is 8.14. The molecular weight excluding hydrogens is 368 g/mol. The normalized spacial score (nSPS) is 27.4. The van der Waals surface area contributed by atoms with Crippen molar-refractivity contribution in [2.75, 3.05) is 6.61 Å². The Kier molecular flexibility index (Phi) is 5.83. The number of carbonyl (C=O) groups is 2. The van der Waals surface area contributed by atoms with Crippen LogP contribution >= 0.6 is 0 Å². The van der Waals surface area contributed by atoms with Crippen LogP contribution in [0.4, 0.5) is 0 Å². The highest BCUT2D eigenvalue weighted by atomic mass is 16.6. The predicted molar refractivity (Wildman–Crippen MR) is 97.4 cm³/mol. The lowest BCUT2D eigenvalue weighted by Crippen LogP contribution is -2.57. The molecule has 8 heteroatoms. The number of carbonyl (C=O) groups excluding carboxylic acids is 2. The van der Waals surface area contributed by atoms with Gasteiger partial charge in [-0.15, -0.1) is 0 Å². The van der Waals surface area contributed by atoms with Gasteiger partial charge >= 0.3 is 11.9 Å². The molecule has 150 valence electrons. The zero-order valence-corrected chi connectivity index (χ0v) is 15.4. The highest BCUT2D eigenvalue weighted by Gasteiger charge is 2.47. The van der Waals surface area contributed by atoms with Gasteiger partial charge in [-0.3, -0.25) is 9.59 Å². The lowest BCUT2D eigenvalue weighted by atomic mass is 9.90. The molecule has 1 aliphatic heterocycles. The summed E-state index contributed by atoms with van der Waals surface area (Å²) in [4.78, 5) is 22.5. The monoisotopic (exact) mass is 390 g/mol. The van der Waals surface area contributed by atoms with E-state index in [2.05, 4.69) is 0 Å². The lowest BCUT2D eigenvalue weighted by Gasteiger charge is -2.42. The van der Waals surface area contributed by atoms with Gasteiger partial charge in [-0.25, -0.2) is 0 Å². The Bertz CT molecular complexity index is 880. The summed E-state index contributed by atoms with van der Waals surface area (Å²) < 4.78 is 15.9. The molecule has 0 unspecified atom stereocenters. The van der Waals surface area contributed by atoms with Crippen LogP contribution in [0, 0.1) is 0 Å². The minimum atomic E-state index is -1.43. The van der Waals surface area contributed by atoms with Crippen molar-refractivity contribution in [1.82, 2.24) is 0 Å². The standard InChI is InChI=1S/C20H22O8/c1-10(21)26-9-16-20(27-11(2)22)18(25)17(24)19(28-16)14-4-3-13-8-15(23)6-5-12(13)7-14/h3-8,16-20,23-25H,9H2,1-2H3/t16-,17+,18-,19-,20-/m1/s1. The summed E-state index contributed by atoms with van der Waals surface area (Å²) in [6.45, 7) is 2.16. The van der Waals surface area contributed by atoms with Crippen molar-refractivity contribution in [2.45, 2.75) is 44.4 Å². The van der Waals surface area contributed by atoms with Crippen molar-refractivity contribution in [3.8, 4) is 5.75 Å². The maximum atomic E-state index is 11.4. The SMILES string of the molecule is CC(=O)OC[C@H]1O[C@H](c2ccc3cc(O)ccc3c2)[C@@H](O)[C@@H](O)[C@@H]1OC(C)=O. The van der Waals surface area contributed by atoms with E-state index in [-0.39, 0.29) is 12.4 Å². The minimum Gasteiger partial charge on any atom is -0.508 e. The number of phenolic OH excluding ortho intramolecular Hbond substituents is 1. The zero-order chi connectivity index (χ0) is 20.4. The molecule has 0 spiro atoms. The van der Waals surface area contributed by atoms with Gasteiger partial charge < -0.3 is 29.5 Å². The molecule has 0 saturated carbocycles. The minimum absolute atomic E-state index is 0.135. The number of aliphatic hydroxyl groups is 2. The molecule has 5 atom stereocenters. The van der Waals surface area contributed by atoms with Crippen LogP contribution in [0.1, 0.15) is 25.5 Å². The number of aromatic hydroxyl groups is 1. The molecule has 1 heterocycles. The zero-order valence-electron chi connectivity index (χ0n) is 15.4. The molecule has 1 aliphatic rings. The first-order valence-electron chi connectivity index (χ1n) is 8.81. The van der Waals surface area contributed by atoms with Crippen LogP contribution in [0.3, 0.4) is 0 Å². The number of fused-ring (bicyclic) bond motifs is 1. The first kappa shape index (κ1) is 20.1. The van der Waals surface area contributed by atoms with Gasteiger partial charge in [0.15, 0.2) is 6.10 Å². The molecule has 2 aromatic carbocycles. The largest absolute Gasteiger partial charge is 0.508 e. The van der Waals surface area contributed by atoms with Crippen LogP contribution in [0.25, 0.3) is 10.8 Å². The molecule has 3 N–H and O–H groups in total. The van der Waals surface area contributed by atoms with Crippen LogP contribution in [0.5, 0.6) is 5.75 Å². The molecule has 28 heavy (non-hydrogen) atoms. The molecule has 2 aromatic rings. The summed E-state index contributed by atoms with van der Waals surface area (Å²) in [6.07, 6.45) is -5.86. The van der Waals surface area contributed by atoms with E-state index >= 15 is 0 Å². The van der Waals surface area contributed by atoms with Crippen LogP contribution in [-0.4, -0.2) is 58.3 Å². The first-order chi connectivity index (χ1) is 13.3. The number of phenols is 1. The average molecular weight is 390 g/mol. The number of rotatable bonds is 4. The van der Waals surface area contributed by atoms with Gasteiger partial charge in [-0.1, -0.05) is 18.2 Å². The Balaban J connectivity index is 1.91. The Morgan fingerprint density at radius 1 is 1.00 bits per heavy atom. The number of hydrogen-bond acceptors (Lipinski definition) is 8. The Morgan fingerprint density at radius 2 is 1.68 bits per heavy atom. The number of esters is 2. The van der Waals surface area contributed by atoms with Crippen molar-refractivity contribution in [3.63, 3.8) is 0 Å². The van der Waals surface area contributed by atoms with E-state index in [1.807, 2.05) is 0 Å². The second-order valence-electron chi connectivity index (χ2n) is 6.74. The third-order valence-electron chi connectivity index (χ3n) is 4.61. The molecule has 1 fully saturated rings. The fourth-order valence-electron chi connectivity index (χ4n) is 3.31. The van der Waals surface area contributed by atoms with Gasteiger partial charge in [-0.05, 0) is 34.5 Å². The van der Waals surface area contributed by atoms with Crippen LogP contribution in [0.15, 0.2) is 36.4 Å². The molecule has 0 aromatic heterocycles. The van der Waals surface area contributed by atoms with Crippen LogP contribution < -0.4 is 0 Å². The van der Waals surface area contributed by atoms with Crippen molar-refractivity contribution in [3.05, 3.63) is 42.0 Å². The van der Waals surface area contributed by atoms with E-state index in [1.165, 1.54) is 13.8 Å². The van der Waals surface area contributed by atoms with Gasteiger partial charge in [0.25, 0.3) is 0 Å². The summed E-state index contributed by atoms with van der Waals surface area (Å²) >= 11 is 0.